The Bertz CT molecular complexity index is 1180. The predicted octanol–water partition coefficient (Wildman–Crippen LogP) is 3.03. The Balaban J connectivity index is 2.18. The largest absolute Gasteiger partial charge is 0.491 e. The van der Waals surface area contributed by atoms with Crippen molar-refractivity contribution in [2.75, 3.05) is 26.4 Å². The first-order valence-electron chi connectivity index (χ1n) is 16.8. The third kappa shape index (κ3) is 16.1. The van der Waals surface area contributed by atoms with Crippen molar-refractivity contribution in [1.29, 1.82) is 0 Å². The zero-order chi connectivity index (χ0) is 36.1. The summed E-state index contributed by atoms with van der Waals surface area (Å²) in [7, 11) is 0. The highest BCUT2D eigenvalue weighted by molar-refractivity contribution is 5.89. The minimum absolute atomic E-state index is 0.0339. The van der Waals surface area contributed by atoms with Crippen LogP contribution in [0.1, 0.15) is 86.6 Å². The second kappa shape index (κ2) is 18.9. The quantitative estimate of drug-likeness (QED) is 0.182. The Morgan fingerprint density at radius 3 is 2.17 bits per heavy atom. The fraction of sp³-hybridized carbons (Fsp3) is 0.714. The molecule has 3 unspecified atom stereocenters. The smallest absolute Gasteiger partial charge is 0.407 e. The number of nitrogens with one attached hydrogen (secondary N) is 3. The lowest BCUT2D eigenvalue weighted by Gasteiger charge is -2.27. The van der Waals surface area contributed by atoms with Crippen LogP contribution in [0.25, 0.3) is 0 Å². The van der Waals surface area contributed by atoms with E-state index in [1.807, 2.05) is 13.8 Å². The molecule has 48 heavy (non-hydrogen) atoms. The zero-order valence-electron chi connectivity index (χ0n) is 29.8. The predicted molar refractivity (Wildman–Crippen MR) is 179 cm³/mol. The highest BCUT2D eigenvalue weighted by atomic mass is 16.6. The summed E-state index contributed by atoms with van der Waals surface area (Å²) in [5.74, 6) is -1.77. The summed E-state index contributed by atoms with van der Waals surface area (Å²) in [5.41, 5.74) is -0.617. The van der Waals surface area contributed by atoms with E-state index < -0.39 is 59.4 Å². The van der Waals surface area contributed by atoms with Crippen molar-refractivity contribution in [1.82, 2.24) is 16.0 Å². The average Bonchev–Trinajstić information content (AvgIpc) is 2.96. The third-order valence-corrected chi connectivity index (χ3v) is 7.41. The van der Waals surface area contributed by atoms with E-state index >= 15 is 0 Å². The summed E-state index contributed by atoms with van der Waals surface area (Å²) >= 11 is 0. The van der Waals surface area contributed by atoms with Gasteiger partial charge in [0.05, 0.1) is 25.2 Å². The van der Waals surface area contributed by atoms with E-state index in [1.165, 1.54) is 0 Å². The standard InChI is InChI=1S/C35H57N3O10/c1-22(2)27-19-45-20-28(39)29(40)21-46-25-14-12-23(13-15-25)17-24(31(42)38-27)18-30(41)37-26(32(43)47-34(3,4)5)11-9-10-16-36-33(44)48-35(6,7)8/h12-15,22,24,26-29,39-40H,9-11,16-21H2,1-8H3,(H,36,44)(H,37,41)(H,38,42)/t24-,26?,27+,28?,29?/m0/s1. The Kier molecular flexibility index (Phi) is 16.1. The van der Waals surface area contributed by atoms with E-state index in [-0.39, 0.29) is 50.9 Å². The maximum atomic E-state index is 13.7. The van der Waals surface area contributed by atoms with Gasteiger partial charge in [-0.15, -0.1) is 0 Å². The normalized spacial score (nSPS) is 21.9. The van der Waals surface area contributed by atoms with E-state index in [2.05, 4.69) is 16.0 Å². The monoisotopic (exact) mass is 679 g/mol. The second-order valence-corrected chi connectivity index (χ2v) is 14.7. The second-order valence-electron chi connectivity index (χ2n) is 14.7. The summed E-state index contributed by atoms with van der Waals surface area (Å²) in [4.78, 5) is 52.2. The minimum Gasteiger partial charge on any atom is -0.491 e. The number of hydrogen-bond acceptors (Lipinski definition) is 10. The molecule has 0 spiro atoms. The number of carbonyl (C=O) groups is 4. The van der Waals surface area contributed by atoms with Gasteiger partial charge in [0, 0.05) is 13.0 Å². The average molecular weight is 680 g/mol. The van der Waals surface area contributed by atoms with Gasteiger partial charge >= 0.3 is 12.1 Å². The summed E-state index contributed by atoms with van der Waals surface area (Å²) in [5, 5.41) is 29.0. The van der Waals surface area contributed by atoms with Gasteiger partial charge in [-0.05, 0) is 90.8 Å². The van der Waals surface area contributed by atoms with E-state index in [1.54, 1.807) is 65.8 Å². The summed E-state index contributed by atoms with van der Waals surface area (Å²) in [6.07, 6.45) is -1.53. The van der Waals surface area contributed by atoms with E-state index in [0.29, 0.717) is 25.1 Å². The van der Waals surface area contributed by atoms with Gasteiger partial charge in [0.15, 0.2) is 0 Å². The first kappa shape index (κ1) is 40.8. The molecule has 0 saturated heterocycles. The van der Waals surface area contributed by atoms with Crippen molar-refractivity contribution in [3.8, 4) is 5.75 Å². The molecule has 3 rings (SSSR count). The summed E-state index contributed by atoms with van der Waals surface area (Å²) in [6.45, 7) is 14.5. The summed E-state index contributed by atoms with van der Waals surface area (Å²) < 4.78 is 22.1. The first-order valence-corrected chi connectivity index (χ1v) is 16.8. The van der Waals surface area contributed by atoms with E-state index in [0.717, 1.165) is 5.56 Å². The molecule has 0 fully saturated rings. The lowest BCUT2D eigenvalue weighted by atomic mass is 9.93. The van der Waals surface area contributed by atoms with Gasteiger partial charge in [0.1, 0.15) is 41.8 Å². The molecule has 2 bridgehead atoms. The minimum atomic E-state index is -1.18. The number of aliphatic hydroxyl groups is 2. The molecular weight excluding hydrogens is 622 g/mol. The number of carbonyl (C=O) groups excluding carboxylic acids is 4. The molecule has 0 aliphatic carbocycles. The number of fused-ring (bicyclic) bond motifs is 13. The maximum Gasteiger partial charge on any atom is 0.407 e. The van der Waals surface area contributed by atoms with E-state index in [4.69, 9.17) is 18.9 Å². The Morgan fingerprint density at radius 2 is 1.56 bits per heavy atom. The first-order chi connectivity index (χ1) is 22.3. The lowest BCUT2D eigenvalue weighted by molar-refractivity contribution is -0.159. The molecule has 0 saturated carbocycles. The van der Waals surface area contributed by atoms with Crippen LogP contribution >= 0.6 is 0 Å². The molecule has 1 aromatic rings. The zero-order valence-corrected chi connectivity index (χ0v) is 29.8. The van der Waals surface area contributed by atoms with Crippen LogP contribution in [0.3, 0.4) is 0 Å². The Hall–Kier alpha value is -3.42. The number of rotatable bonds is 10. The topological polar surface area (TPSA) is 182 Å². The molecule has 5 N–H and O–H groups in total. The van der Waals surface area contributed by atoms with Crippen LogP contribution < -0.4 is 20.7 Å². The maximum absolute atomic E-state index is 13.7. The van der Waals surface area contributed by atoms with Crippen molar-refractivity contribution in [2.45, 2.75) is 123 Å². The number of ether oxygens (including phenoxy) is 4. The number of aliphatic hydroxyl groups excluding tert-OH is 2. The highest BCUT2D eigenvalue weighted by Gasteiger charge is 2.31. The molecule has 2 aliphatic rings. The van der Waals surface area contributed by atoms with Crippen molar-refractivity contribution in [2.24, 2.45) is 11.8 Å². The van der Waals surface area contributed by atoms with Crippen LogP contribution in [0.2, 0.25) is 0 Å². The van der Waals surface area contributed by atoms with Gasteiger partial charge in [-0.25, -0.2) is 9.59 Å². The molecule has 0 aromatic heterocycles. The van der Waals surface area contributed by atoms with Crippen LogP contribution in [-0.4, -0.2) is 95.9 Å². The summed E-state index contributed by atoms with van der Waals surface area (Å²) in [6, 6.07) is 5.56. The fourth-order valence-corrected chi connectivity index (χ4v) is 4.76. The Morgan fingerprint density at radius 1 is 0.938 bits per heavy atom. The molecule has 3 amide bonds. The molecule has 5 atom stereocenters. The highest BCUT2D eigenvalue weighted by Crippen LogP contribution is 2.20. The van der Waals surface area contributed by atoms with Gasteiger partial charge in [-0.2, -0.15) is 0 Å². The number of benzene rings is 1. The van der Waals surface area contributed by atoms with Gasteiger partial charge in [-0.3, -0.25) is 9.59 Å². The SMILES string of the molecule is CC(C)[C@H]1COCC(O)C(O)COc2ccc(cc2)C[C@@H](CC(=O)NC(CCCCNC(=O)OC(C)(C)C)C(=O)OC(C)(C)C)C(=O)N1. The van der Waals surface area contributed by atoms with Crippen LogP contribution in [0.5, 0.6) is 5.75 Å². The van der Waals surface area contributed by atoms with E-state index in [9.17, 15) is 29.4 Å². The number of alkyl carbamates (subject to hydrolysis) is 1. The molecule has 272 valence electrons. The molecule has 13 nitrogen and oxygen atoms in total. The van der Waals surface area contributed by atoms with Crippen molar-refractivity contribution < 1.29 is 48.3 Å². The van der Waals surface area contributed by atoms with Crippen LogP contribution in [0.4, 0.5) is 4.79 Å². The van der Waals surface area contributed by atoms with Gasteiger partial charge in [0.2, 0.25) is 11.8 Å². The van der Waals surface area contributed by atoms with Gasteiger partial charge in [-0.1, -0.05) is 26.0 Å². The molecule has 2 aliphatic heterocycles. The fourth-order valence-electron chi connectivity index (χ4n) is 4.76. The Labute approximate surface area is 284 Å². The number of esters is 1. The van der Waals surface area contributed by atoms with Crippen molar-refractivity contribution in [3.05, 3.63) is 29.8 Å². The molecule has 2 heterocycles. The third-order valence-electron chi connectivity index (χ3n) is 7.41. The van der Waals surface area contributed by atoms with Gasteiger partial charge < -0.3 is 45.1 Å². The molecular formula is C35H57N3O10. The lowest BCUT2D eigenvalue weighted by Crippen LogP contribution is -2.48. The molecule has 13 heteroatoms. The molecule has 1 aromatic carbocycles. The number of unbranched alkanes of at least 4 members (excludes halogenated alkanes) is 1. The van der Waals surface area contributed by atoms with Crippen molar-refractivity contribution in [3.63, 3.8) is 0 Å². The van der Waals surface area contributed by atoms with Crippen LogP contribution in [0.15, 0.2) is 24.3 Å². The van der Waals surface area contributed by atoms with Crippen molar-refractivity contribution >= 4 is 23.9 Å². The number of amides is 3. The van der Waals surface area contributed by atoms with Crippen LogP contribution in [-0.2, 0) is 35.0 Å². The van der Waals surface area contributed by atoms with Crippen LogP contribution in [0, 0.1) is 11.8 Å². The number of hydrogen-bond donors (Lipinski definition) is 5. The van der Waals surface area contributed by atoms with Gasteiger partial charge in [0.25, 0.3) is 0 Å². The molecule has 0 radical (unpaired) electrons.